The molecule has 0 radical (unpaired) electrons. The van der Waals surface area contributed by atoms with Crippen LogP contribution in [0.5, 0.6) is 5.75 Å². The highest BCUT2D eigenvalue weighted by atomic mass is 16.7. The molecule has 0 atom stereocenters. The summed E-state index contributed by atoms with van der Waals surface area (Å²) in [5.41, 5.74) is 1.94. The lowest BCUT2D eigenvalue weighted by Gasteiger charge is -2.03. The SMILES string of the molecule is Cc1ccccc1-n1cc(OC(=O)O)cn1. The van der Waals surface area contributed by atoms with Crippen molar-refractivity contribution in [1.82, 2.24) is 9.78 Å². The number of benzene rings is 1. The lowest BCUT2D eigenvalue weighted by Crippen LogP contribution is -2.02. The van der Waals surface area contributed by atoms with Crippen LogP contribution in [0.4, 0.5) is 4.79 Å². The van der Waals surface area contributed by atoms with Gasteiger partial charge in [0.2, 0.25) is 0 Å². The molecule has 1 heterocycles. The van der Waals surface area contributed by atoms with Gasteiger partial charge in [0.15, 0.2) is 5.75 Å². The van der Waals surface area contributed by atoms with E-state index in [1.54, 1.807) is 4.68 Å². The number of carboxylic acid groups (broad SMARTS) is 1. The Hall–Kier alpha value is -2.30. The molecule has 16 heavy (non-hydrogen) atoms. The molecule has 0 fully saturated rings. The van der Waals surface area contributed by atoms with E-state index in [1.165, 1.54) is 12.4 Å². The highest BCUT2D eigenvalue weighted by Gasteiger charge is 2.06. The number of hydrogen-bond acceptors (Lipinski definition) is 3. The Balaban J connectivity index is 2.32. The fourth-order valence-electron chi connectivity index (χ4n) is 1.41. The number of para-hydroxylation sites is 1. The zero-order valence-electron chi connectivity index (χ0n) is 8.62. The Morgan fingerprint density at radius 2 is 2.19 bits per heavy atom. The number of rotatable bonds is 2. The molecule has 82 valence electrons. The van der Waals surface area contributed by atoms with Crippen molar-refractivity contribution >= 4 is 6.16 Å². The van der Waals surface area contributed by atoms with Crippen molar-refractivity contribution in [1.29, 1.82) is 0 Å². The lowest BCUT2D eigenvalue weighted by atomic mass is 10.2. The minimum Gasteiger partial charge on any atom is -0.449 e. The van der Waals surface area contributed by atoms with Crippen molar-refractivity contribution < 1.29 is 14.6 Å². The van der Waals surface area contributed by atoms with E-state index in [4.69, 9.17) is 5.11 Å². The van der Waals surface area contributed by atoms with Crippen molar-refractivity contribution in [3.05, 3.63) is 42.2 Å². The summed E-state index contributed by atoms with van der Waals surface area (Å²) in [6, 6.07) is 7.67. The van der Waals surface area contributed by atoms with Gasteiger partial charge in [0.25, 0.3) is 0 Å². The molecule has 0 aliphatic rings. The van der Waals surface area contributed by atoms with E-state index in [0.717, 1.165) is 11.3 Å². The first-order valence-corrected chi connectivity index (χ1v) is 4.68. The molecule has 1 aromatic heterocycles. The van der Waals surface area contributed by atoms with Crippen molar-refractivity contribution in [3.8, 4) is 11.4 Å². The minimum atomic E-state index is -1.34. The summed E-state index contributed by atoms with van der Waals surface area (Å²) in [6.45, 7) is 1.95. The van der Waals surface area contributed by atoms with E-state index in [2.05, 4.69) is 9.84 Å². The summed E-state index contributed by atoms with van der Waals surface area (Å²) in [5, 5.41) is 12.5. The van der Waals surface area contributed by atoms with Gasteiger partial charge < -0.3 is 9.84 Å². The molecule has 1 N–H and O–H groups in total. The maximum atomic E-state index is 10.3. The van der Waals surface area contributed by atoms with E-state index in [1.807, 2.05) is 31.2 Å². The van der Waals surface area contributed by atoms with Gasteiger partial charge in [-0.2, -0.15) is 5.10 Å². The minimum absolute atomic E-state index is 0.204. The van der Waals surface area contributed by atoms with Gasteiger partial charge in [0.05, 0.1) is 18.1 Å². The largest absolute Gasteiger partial charge is 0.511 e. The predicted molar refractivity (Wildman–Crippen MR) is 57.0 cm³/mol. The molecule has 0 unspecified atom stereocenters. The third-order valence-electron chi connectivity index (χ3n) is 2.13. The van der Waals surface area contributed by atoms with E-state index in [0.29, 0.717) is 0 Å². The molecule has 0 bridgehead atoms. The van der Waals surface area contributed by atoms with Crippen LogP contribution in [-0.2, 0) is 0 Å². The quantitative estimate of drug-likeness (QED) is 0.785. The number of aromatic nitrogens is 2. The number of aryl methyl sites for hydroxylation is 1. The summed E-state index contributed by atoms with van der Waals surface area (Å²) in [5.74, 6) is 0.204. The first-order chi connectivity index (χ1) is 7.66. The molecule has 0 amide bonds. The van der Waals surface area contributed by atoms with Crippen molar-refractivity contribution in [2.75, 3.05) is 0 Å². The molecule has 0 saturated carbocycles. The Bertz CT molecular complexity index is 519. The number of hydrogen-bond donors (Lipinski definition) is 1. The van der Waals surface area contributed by atoms with Crippen LogP contribution >= 0.6 is 0 Å². The normalized spacial score (nSPS) is 10.1. The van der Waals surface area contributed by atoms with E-state index in [-0.39, 0.29) is 5.75 Å². The van der Waals surface area contributed by atoms with Crippen molar-refractivity contribution in [2.24, 2.45) is 0 Å². The third-order valence-corrected chi connectivity index (χ3v) is 2.13. The van der Waals surface area contributed by atoms with Crippen LogP contribution in [0.1, 0.15) is 5.56 Å². The maximum absolute atomic E-state index is 10.3. The Morgan fingerprint density at radius 3 is 2.88 bits per heavy atom. The zero-order chi connectivity index (χ0) is 11.5. The number of nitrogens with zero attached hydrogens (tertiary/aromatic N) is 2. The fourth-order valence-corrected chi connectivity index (χ4v) is 1.41. The van der Waals surface area contributed by atoms with Gasteiger partial charge in [0, 0.05) is 0 Å². The Labute approximate surface area is 91.9 Å². The molecular weight excluding hydrogens is 208 g/mol. The summed E-state index contributed by atoms with van der Waals surface area (Å²) < 4.78 is 6.07. The predicted octanol–water partition coefficient (Wildman–Crippen LogP) is 2.24. The lowest BCUT2D eigenvalue weighted by molar-refractivity contribution is 0.144. The van der Waals surface area contributed by atoms with Crippen molar-refractivity contribution in [2.45, 2.75) is 6.92 Å². The summed E-state index contributed by atoms with van der Waals surface area (Å²) in [6.07, 6.45) is 1.54. The Morgan fingerprint density at radius 1 is 1.44 bits per heavy atom. The molecule has 5 nitrogen and oxygen atoms in total. The van der Waals surface area contributed by atoms with Gasteiger partial charge in [-0.25, -0.2) is 9.48 Å². The molecule has 2 rings (SSSR count). The monoisotopic (exact) mass is 218 g/mol. The highest BCUT2D eigenvalue weighted by Crippen LogP contribution is 2.16. The Kier molecular flexibility index (Phi) is 2.59. The summed E-state index contributed by atoms with van der Waals surface area (Å²) >= 11 is 0. The van der Waals surface area contributed by atoms with Crippen LogP contribution in [0.15, 0.2) is 36.7 Å². The molecule has 0 aliphatic heterocycles. The smallest absolute Gasteiger partial charge is 0.449 e. The molecule has 2 aromatic rings. The molecule has 0 aliphatic carbocycles. The highest BCUT2D eigenvalue weighted by molar-refractivity contribution is 5.60. The molecular formula is C11H10N2O3. The molecule has 0 saturated heterocycles. The van der Waals surface area contributed by atoms with Gasteiger partial charge in [-0.15, -0.1) is 0 Å². The summed E-state index contributed by atoms with van der Waals surface area (Å²) in [4.78, 5) is 10.3. The van der Waals surface area contributed by atoms with Gasteiger partial charge >= 0.3 is 6.16 Å². The zero-order valence-corrected chi connectivity index (χ0v) is 8.62. The maximum Gasteiger partial charge on any atom is 0.511 e. The first kappa shape index (κ1) is 10.2. The standard InChI is InChI=1S/C11H10N2O3/c1-8-4-2-3-5-10(8)13-7-9(6-12-13)16-11(14)15/h2-7H,1H3,(H,14,15). The van der Waals surface area contributed by atoms with Gasteiger partial charge in [-0.1, -0.05) is 18.2 Å². The van der Waals surface area contributed by atoms with Crippen LogP contribution in [0.3, 0.4) is 0 Å². The van der Waals surface area contributed by atoms with Crippen LogP contribution in [0.2, 0.25) is 0 Å². The number of ether oxygens (including phenoxy) is 1. The van der Waals surface area contributed by atoms with Crippen LogP contribution in [-0.4, -0.2) is 21.0 Å². The topological polar surface area (TPSA) is 64.3 Å². The van der Waals surface area contributed by atoms with Gasteiger partial charge in [-0.05, 0) is 18.6 Å². The second-order valence-electron chi connectivity index (χ2n) is 3.28. The van der Waals surface area contributed by atoms with E-state index >= 15 is 0 Å². The molecule has 1 aromatic carbocycles. The van der Waals surface area contributed by atoms with Crippen molar-refractivity contribution in [3.63, 3.8) is 0 Å². The molecule has 5 heteroatoms. The number of carbonyl (C=O) groups is 1. The van der Waals surface area contributed by atoms with E-state index < -0.39 is 6.16 Å². The second-order valence-corrected chi connectivity index (χ2v) is 3.28. The van der Waals surface area contributed by atoms with E-state index in [9.17, 15) is 4.79 Å². The third kappa shape index (κ3) is 2.03. The summed E-state index contributed by atoms with van der Waals surface area (Å²) in [7, 11) is 0. The second kappa shape index (κ2) is 4.06. The fraction of sp³-hybridized carbons (Fsp3) is 0.0909. The first-order valence-electron chi connectivity index (χ1n) is 4.68. The van der Waals surface area contributed by atoms with Gasteiger partial charge in [0.1, 0.15) is 0 Å². The average molecular weight is 218 g/mol. The average Bonchev–Trinajstić information content (AvgIpc) is 2.66. The van der Waals surface area contributed by atoms with Crippen LogP contribution in [0.25, 0.3) is 5.69 Å². The molecule has 0 spiro atoms. The van der Waals surface area contributed by atoms with Crippen LogP contribution in [0, 0.1) is 6.92 Å². The van der Waals surface area contributed by atoms with Gasteiger partial charge in [-0.3, -0.25) is 0 Å². The van der Waals surface area contributed by atoms with Crippen LogP contribution < -0.4 is 4.74 Å².